The largest absolute Gasteiger partial charge is 0.494 e. The van der Waals surface area contributed by atoms with Crippen molar-refractivity contribution in [1.82, 2.24) is 5.48 Å². The highest BCUT2D eigenvalue weighted by atomic mass is 16.6. The summed E-state index contributed by atoms with van der Waals surface area (Å²) >= 11 is 0. The van der Waals surface area contributed by atoms with Crippen molar-refractivity contribution in [2.24, 2.45) is 4.99 Å². The molecule has 1 amide bonds. The summed E-state index contributed by atoms with van der Waals surface area (Å²) in [7, 11) is 1.39. The Bertz CT molecular complexity index is 911. The number of aliphatic imine (C=N–C) groups is 1. The molecule has 31 heavy (non-hydrogen) atoms. The topological polar surface area (TPSA) is 89.4 Å². The lowest BCUT2D eigenvalue weighted by Gasteiger charge is -2.26. The van der Waals surface area contributed by atoms with Gasteiger partial charge in [0.25, 0.3) is 5.91 Å². The summed E-state index contributed by atoms with van der Waals surface area (Å²) in [5.41, 5.74) is 3.06. The van der Waals surface area contributed by atoms with Crippen LogP contribution in [0, 0.1) is 0 Å². The quantitative estimate of drug-likeness (QED) is 0.452. The maximum atomic E-state index is 12.9. The number of amides is 1. The van der Waals surface area contributed by atoms with Gasteiger partial charge in [-0.15, -0.1) is 0 Å². The van der Waals surface area contributed by atoms with E-state index in [4.69, 9.17) is 24.4 Å². The summed E-state index contributed by atoms with van der Waals surface area (Å²) in [5, 5.41) is 8.86. The van der Waals surface area contributed by atoms with Gasteiger partial charge in [0.2, 0.25) is 5.90 Å². The predicted octanol–water partition coefficient (Wildman–Crippen LogP) is 3.13. The van der Waals surface area contributed by atoms with E-state index in [1.54, 1.807) is 0 Å². The molecule has 0 saturated heterocycles. The molecule has 2 N–H and O–H groups in total. The van der Waals surface area contributed by atoms with Gasteiger partial charge >= 0.3 is 0 Å². The number of rotatable bonds is 10. The van der Waals surface area contributed by atoms with Crippen molar-refractivity contribution in [2.75, 3.05) is 20.3 Å². The summed E-state index contributed by atoms with van der Waals surface area (Å²) in [5.74, 6) is 0.728. The van der Waals surface area contributed by atoms with Gasteiger partial charge in [-0.3, -0.25) is 9.63 Å². The number of carbonyl (C=O) groups excluding carboxylic acids is 1. The molecular weight excluding hydrogens is 396 g/mol. The Morgan fingerprint density at radius 1 is 1.23 bits per heavy atom. The summed E-state index contributed by atoms with van der Waals surface area (Å²) in [6.45, 7) is 2.36. The first-order valence-electron chi connectivity index (χ1n) is 10.2. The van der Waals surface area contributed by atoms with Crippen LogP contribution >= 0.6 is 0 Å². The van der Waals surface area contributed by atoms with Crippen LogP contribution in [0.5, 0.6) is 5.75 Å². The first kappa shape index (κ1) is 22.5. The molecule has 0 fully saturated rings. The summed E-state index contributed by atoms with van der Waals surface area (Å²) < 4.78 is 11.6. The Labute approximate surface area is 182 Å². The molecule has 1 heterocycles. The van der Waals surface area contributed by atoms with Gasteiger partial charge < -0.3 is 14.6 Å². The number of aliphatic hydroxyl groups is 1. The number of hydrogen-bond donors (Lipinski definition) is 2. The van der Waals surface area contributed by atoms with E-state index >= 15 is 0 Å². The number of aliphatic hydroxyl groups excluding tert-OH is 1. The molecule has 7 nitrogen and oxygen atoms in total. The summed E-state index contributed by atoms with van der Waals surface area (Å²) in [6.07, 6.45) is 4.32. The normalized spacial score (nSPS) is 20.4. The monoisotopic (exact) mass is 424 g/mol. The third-order valence-electron chi connectivity index (χ3n) is 5.06. The van der Waals surface area contributed by atoms with Gasteiger partial charge in [-0.2, -0.15) is 0 Å². The summed E-state index contributed by atoms with van der Waals surface area (Å²) in [4.78, 5) is 22.5. The maximum Gasteiger partial charge on any atom is 0.275 e. The lowest BCUT2D eigenvalue weighted by molar-refractivity contribution is -0.139. The molecule has 0 spiro atoms. The van der Waals surface area contributed by atoms with E-state index in [1.165, 1.54) is 7.11 Å². The fourth-order valence-corrected chi connectivity index (χ4v) is 3.30. The molecule has 1 aliphatic heterocycles. The second kappa shape index (κ2) is 10.7. The van der Waals surface area contributed by atoms with E-state index in [0.717, 1.165) is 11.1 Å². The highest BCUT2D eigenvalue weighted by molar-refractivity contribution is 6.00. The van der Waals surface area contributed by atoms with Gasteiger partial charge in [-0.1, -0.05) is 42.5 Å². The molecule has 164 valence electrons. The Hall–Kier alpha value is -3.16. The number of benzene rings is 2. The number of hydrogen-bond acceptors (Lipinski definition) is 6. The minimum Gasteiger partial charge on any atom is -0.494 e. The van der Waals surface area contributed by atoms with Gasteiger partial charge in [0.1, 0.15) is 11.9 Å². The van der Waals surface area contributed by atoms with Gasteiger partial charge in [0, 0.05) is 25.0 Å². The van der Waals surface area contributed by atoms with E-state index in [1.807, 2.05) is 73.7 Å². The van der Waals surface area contributed by atoms with Gasteiger partial charge in [-0.25, -0.2) is 10.5 Å². The standard InChI is InChI=1S/C24H28N2O5/c1-18-24(23(28)26-29-2,15-6-10-19-8-4-3-5-9-19)25-22(31-18)20-11-13-21(14-12-20)30-17-7-16-27/h3-6,8-14,18,27H,7,15-17H2,1-2H3,(H,26,28)/b10-6+/t18-,24-/m0/s1. The number of nitrogens with one attached hydrogen (secondary N) is 1. The van der Waals surface area contributed by atoms with Crippen molar-refractivity contribution in [3.63, 3.8) is 0 Å². The highest BCUT2D eigenvalue weighted by Gasteiger charge is 2.49. The van der Waals surface area contributed by atoms with Crippen LogP contribution in [0.2, 0.25) is 0 Å². The average Bonchev–Trinajstić information content (AvgIpc) is 3.13. The van der Waals surface area contributed by atoms with Gasteiger partial charge in [-0.05, 0) is 36.8 Å². The van der Waals surface area contributed by atoms with Crippen molar-refractivity contribution in [3.8, 4) is 5.75 Å². The fraction of sp³-hybridized carbons (Fsp3) is 0.333. The SMILES string of the molecule is CONC(=O)[C@@]1(C/C=C/c2ccccc2)N=C(c2ccc(OCCCO)cc2)O[C@H]1C. The molecule has 0 unspecified atom stereocenters. The predicted molar refractivity (Wildman–Crippen MR) is 119 cm³/mol. The molecule has 2 aromatic rings. The first-order valence-corrected chi connectivity index (χ1v) is 10.2. The zero-order valence-electron chi connectivity index (χ0n) is 17.8. The molecule has 1 aliphatic rings. The third kappa shape index (κ3) is 5.51. The number of nitrogens with zero attached hydrogens (tertiary/aromatic N) is 1. The van der Waals surface area contributed by atoms with Crippen molar-refractivity contribution < 1.29 is 24.2 Å². The molecule has 0 radical (unpaired) electrons. The van der Waals surface area contributed by atoms with Crippen LogP contribution < -0.4 is 10.2 Å². The van der Waals surface area contributed by atoms with E-state index in [9.17, 15) is 4.79 Å². The Balaban J connectivity index is 1.81. The summed E-state index contributed by atoms with van der Waals surface area (Å²) in [6, 6.07) is 17.2. The zero-order chi connectivity index (χ0) is 22.1. The van der Waals surface area contributed by atoms with E-state index in [0.29, 0.717) is 31.1 Å². The molecule has 0 saturated carbocycles. The molecular formula is C24H28N2O5. The minimum atomic E-state index is -1.15. The second-order valence-electron chi connectivity index (χ2n) is 7.20. The molecule has 0 bridgehead atoms. The number of ether oxygens (including phenoxy) is 2. The molecule has 3 rings (SSSR count). The first-order chi connectivity index (χ1) is 15.1. The van der Waals surface area contributed by atoms with Crippen LogP contribution in [0.3, 0.4) is 0 Å². The van der Waals surface area contributed by atoms with Crippen molar-refractivity contribution in [1.29, 1.82) is 0 Å². The molecule has 2 aromatic carbocycles. The fourth-order valence-electron chi connectivity index (χ4n) is 3.30. The van der Waals surface area contributed by atoms with Crippen LogP contribution in [-0.2, 0) is 14.4 Å². The molecule has 7 heteroatoms. The smallest absolute Gasteiger partial charge is 0.275 e. The van der Waals surface area contributed by atoms with Crippen LogP contribution in [-0.4, -0.2) is 48.9 Å². The van der Waals surface area contributed by atoms with Crippen molar-refractivity contribution in [2.45, 2.75) is 31.4 Å². The van der Waals surface area contributed by atoms with E-state index in [2.05, 4.69) is 5.48 Å². The minimum absolute atomic E-state index is 0.0883. The lowest BCUT2D eigenvalue weighted by atomic mass is 9.89. The van der Waals surface area contributed by atoms with E-state index in [-0.39, 0.29) is 12.5 Å². The van der Waals surface area contributed by atoms with Crippen LogP contribution in [0.15, 0.2) is 65.7 Å². The number of hydroxylamine groups is 1. The van der Waals surface area contributed by atoms with Crippen molar-refractivity contribution >= 4 is 17.9 Å². The van der Waals surface area contributed by atoms with Gasteiger partial charge in [0.15, 0.2) is 5.54 Å². The Morgan fingerprint density at radius 3 is 2.65 bits per heavy atom. The number of carbonyl (C=O) groups is 1. The third-order valence-corrected chi connectivity index (χ3v) is 5.06. The lowest BCUT2D eigenvalue weighted by Crippen LogP contribution is -2.50. The Kier molecular flexibility index (Phi) is 7.81. The second-order valence-corrected chi connectivity index (χ2v) is 7.20. The average molecular weight is 424 g/mol. The Morgan fingerprint density at radius 2 is 1.97 bits per heavy atom. The van der Waals surface area contributed by atoms with Crippen LogP contribution in [0.1, 0.15) is 30.9 Å². The van der Waals surface area contributed by atoms with E-state index < -0.39 is 11.6 Å². The highest BCUT2D eigenvalue weighted by Crippen LogP contribution is 2.33. The molecule has 2 atom stereocenters. The molecule has 0 aromatic heterocycles. The van der Waals surface area contributed by atoms with Crippen LogP contribution in [0.25, 0.3) is 6.08 Å². The maximum absolute atomic E-state index is 12.9. The van der Waals surface area contributed by atoms with Crippen LogP contribution in [0.4, 0.5) is 0 Å². The molecule has 0 aliphatic carbocycles. The van der Waals surface area contributed by atoms with Gasteiger partial charge in [0.05, 0.1) is 13.7 Å². The zero-order valence-corrected chi connectivity index (χ0v) is 17.8. The van der Waals surface area contributed by atoms with Crippen molar-refractivity contribution in [3.05, 3.63) is 71.8 Å².